The molecule has 1 saturated heterocycles. The first-order valence-corrected chi connectivity index (χ1v) is 12.6. The number of ether oxygens (including phenoxy) is 1. The molecule has 2 amide bonds. The van der Waals surface area contributed by atoms with E-state index in [9.17, 15) is 18.0 Å². The van der Waals surface area contributed by atoms with Gasteiger partial charge in [-0.3, -0.25) is 14.5 Å². The van der Waals surface area contributed by atoms with Gasteiger partial charge in [0.1, 0.15) is 11.8 Å². The molecule has 1 N–H and O–H groups in total. The summed E-state index contributed by atoms with van der Waals surface area (Å²) in [5, 5.41) is 0. The minimum absolute atomic E-state index is 0.0801. The highest BCUT2D eigenvalue weighted by Gasteiger charge is 2.33. The van der Waals surface area contributed by atoms with Gasteiger partial charge in [-0.25, -0.2) is 8.42 Å². The predicted molar refractivity (Wildman–Crippen MR) is 123 cm³/mol. The number of rotatable bonds is 10. The lowest BCUT2D eigenvalue weighted by molar-refractivity contribution is -0.137. The monoisotopic (exact) mass is 468 g/mol. The molecule has 1 aliphatic heterocycles. The number of methoxy groups -OCH3 is 1. The van der Waals surface area contributed by atoms with Crippen LogP contribution in [-0.2, 0) is 19.6 Å². The second kappa shape index (κ2) is 11.6. The highest BCUT2D eigenvalue weighted by atomic mass is 32.2. The van der Waals surface area contributed by atoms with Crippen molar-refractivity contribution in [3.63, 3.8) is 0 Å². The van der Waals surface area contributed by atoms with Gasteiger partial charge in [0.2, 0.25) is 21.8 Å². The number of piperazine rings is 1. The molecule has 32 heavy (non-hydrogen) atoms. The van der Waals surface area contributed by atoms with Gasteiger partial charge in [0.15, 0.2) is 0 Å². The number of nitrogens with one attached hydrogen (secondary N) is 1. The van der Waals surface area contributed by atoms with E-state index >= 15 is 0 Å². The molecule has 9 nitrogen and oxygen atoms in total. The Morgan fingerprint density at radius 1 is 1.06 bits per heavy atom. The summed E-state index contributed by atoms with van der Waals surface area (Å²) in [6, 6.07) is 5.17. The molecule has 10 heteroatoms. The van der Waals surface area contributed by atoms with E-state index in [1.807, 2.05) is 32.6 Å². The smallest absolute Gasteiger partial charge is 0.241 e. The highest BCUT2D eigenvalue weighted by Crippen LogP contribution is 2.18. The van der Waals surface area contributed by atoms with Gasteiger partial charge in [-0.05, 0) is 44.0 Å². The van der Waals surface area contributed by atoms with Crippen molar-refractivity contribution in [2.45, 2.75) is 38.6 Å². The van der Waals surface area contributed by atoms with Crippen LogP contribution in [0.15, 0.2) is 29.2 Å². The number of amides is 2. The van der Waals surface area contributed by atoms with Crippen molar-refractivity contribution in [2.24, 2.45) is 5.92 Å². The summed E-state index contributed by atoms with van der Waals surface area (Å²) in [6.07, 6.45) is 0. The second-order valence-electron chi connectivity index (χ2n) is 8.19. The number of likely N-dealkylation sites (N-methyl/N-ethyl adjacent to an activating group) is 1. The average molecular weight is 469 g/mol. The summed E-state index contributed by atoms with van der Waals surface area (Å²) < 4.78 is 33.4. The van der Waals surface area contributed by atoms with E-state index in [4.69, 9.17) is 4.74 Å². The topological polar surface area (TPSA) is 99.3 Å². The molecule has 2 rings (SSSR count). The lowest BCUT2D eigenvalue weighted by atomic mass is 10.0. The quantitative estimate of drug-likeness (QED) is 0.550. The van der Waals surface area contributed by atoms with Crippen LogP contribution in [0, 0.1) is 5.92 Å². The Kier molecular flexibility index (Phi) is 9.47. The van der Waals surface area contributed by atoms with E-state index in [1.54, 1.807) is 21.9 Å². The number of benzene rings is 1. The van der Waals surface area contributed by atoms with Gasteiger partial charge in [0.05, 0.1) is 18.6 Å². The van der Waals surface area contributed by atoms with Gasteiger partial charge in [0, 0.05) is 39.3 Å². The predicted octanol–water partition coefficient (Wildman–Crippen LogP) is 1.01. The molecule has 1 fully saturated rings. The number of carbonyl (C=O) groups is 2. The molecule has 1 heterocycles. The average Bonchev–Trinajstić information content (AvgIpc) is 2.78. The molecule has 1 aliphatic rings. The first-order valence-electron chi connectivity index (χ1n) is 11.1. The summed E-state index contributed by atoms with van der Waals surface area (Å²) in [7, 11) is -2.36. The van der Waals surface area contributed by atoms with Crippen LogP contribution in [0.5, 0.6) is 5.75 Å². The third-order valence-electron chi connectivity index (χ3n) is 5.74. The maximum Gasteiger partial charge on any atom is 0.241 e. The fraction of sp³-hybridized carbons (Fsp3) is 0.636. The number of hydrogen-bond donors (Lipinski definition) is 1. The lowest BCUT2D eigenvalue weighted by Gasteiger charge is -2.37. The molecule has 0 aromatic heterocycles. The fourth-order valence-electron chi connectivity index (χ4n) is 3.65. The van der Waals surface area contributed by atoms with Gasteiger partial charge in [0.25, 0.3) is 0 Å². The first-order chi connectivity index (χ1) is 15.1. The highest BCUT2D eigenvalue weighted by molar-refractivity contribution is 7.89. The summed E-state index contributed by atoms with van der Waals surface area (Å²) >= 11 is 0. The SMILES string of the molecule is CCN(CC)C(=O)CN1CCN(C(=O)[C@@H](NS(=O)(=O)c2ccc(OC)cc2)C(C)C)CC1. The van der Waals surface area contributed by atoms with E-state index in [0.717, 1.165) is 0 Å². The number of hydrogen-bond acceptors (Lipinski definition) is 6. The zero-order valence-electron chi connectivity index (χ0n) is 19.7. The fourth-order valence-corrected chi connectivity index (χ4v) is 4.99. The minimum Gasteiger partial charge on any atom is -0.497 e. The van der Waals surface area contributed by atoms with Crippen LogP contribution < -0.4 is 9.46 Å². The standard InChI is InChI=1S/C22H36N4O5S/c1-6-25(7-2)20(27)16-24-12-14-26(15-13-24)22(28)21(17(3)4)23-32(29,30)19-10-8-18(31-5)9-11-19/h8-11,17,21,23H,6-7,12-16H2,1-5H3/t21-/m0/s1. The Bertz CT molecular complexity index is 861. The van der Waals surface area contributed by atoms with Crippen molar-refractivity contribution >= 4 is 21.8 Å². The largest absolute Gasteiger partial charge is 0.497 e. The molecular formula is C22H36N4O5S. The third-order valence-corrected chi connectivity index (χ3v) is 7.20. The van der Waals surface area contributed by atoms with E-state index in [1.165, 1.54) is 19.2 Å². The van der Waals surface area contributed by atoms with Gasteiger partial charge in [-0.1, -0.05) is 13.8 Å². The number of nitrogens with zero attached hydrogens (tertiary/aromatic N) is 3. The second-order valence-corrected chi connectivity index (χ2v) is 9.90. The van der Waals surface area contributed by atoms with Gasteiger partial charge in [-0.2, -0.15) is 4.72 Å². The van der Waals surface area contributed by atoms with Crippen molar-refractivity contribution in [3.8, 4) is 5.75 Å². The third kappa shape index (κ3) is 6.66. The minimum atomic E-state index is -3.87. The summed E-state index contributed by atoms with van der Waals surface area (Å²) in [4.78, 5) is 31.1. The van der Waals surface area contributed by atoms with Crippen molar-refractivity contribution in [2.75, 3.05) is 52.9 Å². The first kappa shape index (κ1) is 26.1. The van der Waals surface area contributed by atoms with Crippen molar-refractivity contribution in [1.82, 2.24) is 19.4 Å². The van der Waals surface area contributed by atoms with Crippen molar-refractivity contribution < 1.29 is 22.7 Å². The Morgan fingerprint density at radius 3 is 2.09 bits per heavy atom. The van der Waals surface area contributed by atoms with Gasteiger partial charge >= 0.3 is 0 Å². The molecule has 1 aromatic rings. The van der Waals surface area contributed by atoms with E-state index in [-0.39, 0.29) is 22.6 Å². The maximum atomic E-state index is 13.2. The molecule has 0 aliphatic carbocycles. The van der Waals surface area contributed by atoms with Crippen molar-refractivity contribution in [3.05, 3.63) is 24.3 Å². The number of sulfonamides is 1. The van der Waals surface area contributed by atoms with Crippen LogP contribution in [0.4, 0.5) is 0 Å². The van der Waals surface area contributed by atoms with E-state index < -0.39 is 16.1 Å². The van der Waals surface area contributed by atoms with Gasteiger partial charge in [-0.15, -0.1) is 0 Å². The zero-order valence-corrected chi connectivity index (χ0v) is 20.5. The van der Waals surface area contributed by atoms with Crippen molar-refractivity contribution in [1.29, 1.82) is 0 Å². The van der Waals surface area contributed by atoms with Crippen LogP contribution in [0.3, 0.4) is 0 Å². The summed E-state index contributed by atoms with van der Waals surface area (Å²) in [5.41, 5.74) is 0. The van der Waals surface area contributed by atoms with Crippen LogP contribution in [0.1, 0.15) is 27.7 Å². The summed E-state index contributed by atoms with van der Waals surface area (Å²) in [5.74, 6) is 0.171. The van der Waals surface area contributed by atoms with Crippen LogP contribution in [0.2, 0.25) is 0 Å². The molecule has 0 radical (unpaired) electrons. The van der Waals surface area contributed by atoms with E-state index in [2.05, 4.69) is 4.72 Å². The zero-order chi connectivity index (χ0) is 23.9. The van der Waals surface area contributed by atoms with E-state index in [0.29, 0.717) is 51.6 Å². The molecule has 1 aromatic carbocycles. The number of carbonyl (C=O) groups excluding carboxylic acids is 2. The molecule has 180 valence electrons. The normalized spacial score (nSPS) is 16.1. The van der Waals surface area contributed by atoms with Crippen LogP contribution >= 0.6 is 0 Å². The molecule has 0 bridgehead atoms. The van der Waals surface area contributed by atoms with Crippen LogP contribution in [0.25, 0.3) is 0 Å². The maximum absolute atomic E-state index is 13.2. The Labute approximate surface area is 191 Å². The van der Waals surface area contributed by atoms with Gasteiger partial charge < -0.3 is 14.5 Å². The molecule has 0 saturated carbocycles. The lowest BCUT2D eigenvalue weighted by Crippen LogP contribution is -2.57. The summed E-state index contributed by atoms with van der Waals surface area (Å²) in [6.45, 7) is 11.3. The Hall–Kier alpha value is -2.17. The van der Waals surface area contributed by atoms with Crippen LogP contribution in [-0.4, -0.2) is 93.9 Å². The molecule has 1 atom stereocenters. The Balaban J connectivity index is 2.01. The molecule has 0 unspecified atom stereocenters. The molecular weight excluding hydrogens is 432 g/mol. The molecule has 0 spiro atoms. The Morgan fingerprint density at radius 2 is 1.62 bits per heavy atom.